The van der Waals surface area contributed by atoms with E-state index < -0.39 is 6.10 Å². The van der Waals surface area contributed by atoms with Gasteiger partial charge in [0.25, 0.3) is 0 Å². The van der Waals surface area contributed by atoms with Crippen LogP contribution in [0.3, 0.4) is 0 Å². The molecule has 27 heavy (non-hydrogen) atoms. The molecule has 3 N–H and O–H groups in total. The summed E-state index contributed by atoms with van der Waals surface area (Å²) in [6.45, 7) is 0.999. The van der Waals surface area contributed by atoms with E-state index in [2.05, 4.69) is 15.6 Å². The monoisotopic (exact) mass is 371 g/mol. The fraction of sp³-hybridized carbons (Fsp3) is 0.400. The molecule has 0 spiro atoms. The van der Waals surface area contributed by atoms with Crippen LogP contribution in [0.5, 0.6) is 0 Å². The number of aromatic nitrogens is 1. The van der Waals surface area contributed by atoms with Crippen LogP contribution in [0.25, 0.3) is 0 Å². The van der Waals surface area contributed by atoms with E-state index >= 15 is 0 Å². The van der Waals surface area contributed by atoms with E-state index in [1.54, 1.807) is 12.3 Å². The molecule has 146 valence electrons. The van der Waals surface area contributed by atoms with Crippen molar-refractivity contribution < 1.29 is 9.90 Å². The second kappa shape index (κ2) is 9.89. The molecule has 0 aliphatic heterocycles. The predicted molar refractivity (Wildman–Crippen MR) is 109 cm³/mol. The lowest BCUT2D eigenvalue weighted by Crippen LogP contribution is -2.39. The van der Waals surface area contributed by atoms with Crippen LogP contribution in [0.4, 0.5) is 16.3 Å². The summed E-state index contributed by atoms with van der Waals surface area (Å²) in [5.74, 6) is 0.681. The molecule has 2 aromatic rings. The van der Waals surface area contributed by atoms with E-state index in [-0.39, 0.29) is 11.9 Å². The van der Waals surface area contributed by atoms with E-state index in [1.165, 1.54) is 0 Å². The van der Waals surface area contributed by atoms with Crippen molar-refractivity contribution in [2.45, 2.75) is 6.10 Å². The Labute approximate surface area is 161 Å². The Balaban J connectivity index is 1.94. The molecule has 0 aliphatic carbocycles. The number of aliphatic hydroxyl groups is 1. The van der Waals surface area contributed by atoms with Crippen molar-refractivity contribution in [1.29, 1.82) is 0 Å². The third kappa shape index (κ3) is 6.54. The number of urea groups is 1. The largest absolute Gasteiger partial charge is 0.388 e. The van der Waals surface area contributed by atoms with E-state index in [4.69, 9.17) is 0 Å². The average Bonchev–Trinajstić information content (AvgIpc) is 2.65. The summed E-state index contributed by atoms with van der Waals surface area (Å²) in [6.07, 6.45) is 0.959. The van der Waals surface area contributed by atoms with E-state index in [0.29, 0.717) is 18.8 Å². The second-order valence-electron chi connectivity index (χ2n) is 7.01. The first-order valence-electron chi connectivity index (χ1n) is 8.92. The Kier molecular flexibility index (Phi) is 7.57. The van der Waals surface area contributed by atoms with Gasteiger partial charge in [-0.05, 0) is 31.8 Å². The van der Waals surface area contributed by atoms with E-state index in [0.717, 1.165) is 11.4 Å². The quantitative estimate of drug-likeness (QED) is 0.663. The molecule has 1 aromatic carbocycles. The number of anilines is 2. The molecule has 2 rings (SSSR count). The number of amides is 2. The number of hydrogen-bond acceptors (Lipinski definition) is 5. The van der Waals surface area contributed by atoms with Crippen molar-refractivity contribution >= 4 is 17.5 Å². The lowest BCUT2D eigenvalue weighted by Gasteiger charge is -2.26. The summed E-state index contributed by atoms with van der Waals surface area (Å²) in [6, 6.07) is 12.8. The lowest BCUT2D eigenvalue weighted by atomic mass is 9.95. The Morgan fingerprint density at radius 2 is 1.81 bits per heavy atom. The van der Waals surface area contributed by atoms with Gasteiger partial charge in [0.15, 0.2) is 0 Å². The van der Waals surface area contributed by atoms with Gasteiger partial charge in [0, 0.05) is 33.1 Å². The smallest absolute Gasteiger partial charge is 0.319 e. The first kappa shape index (κ1) is 20.7. The van der Waals surface area contributed by atoms with Crippen molar-refractivity contribution in [3.63, 3.8) is 0 Å². The highest BCUT2D eigenvalue weighted by Gasteiger charge is 2.22. The van der Waals surface area contributed by atoms with Crippen molar-refractivity contribution in [2.75, 3.05) is 51.5 Å². The zero-order valence-electron chi connectivity index (χ0n) is 16.4. The highest BCUT2D eigenvalue weighted by atomic mass is 16.3. The molecule has 2 amide bonds. The van der Waals surface area contributed by atoms with Gasteiger partial charge in [-0.25, -0.2) is 9.78 Å². The molecular formula is C20H29N5O2. The van der Waals surface area contributed by atoms with Crippen LogP contribution >= 0.6 is 0 Å². The molecule has 0 bridgehead atoms. The molecule has 0 radical (unpaired) electrons. The number of carbonyl (C=O) groups excluding carboxylic acids is 1. The number of nitrogens with zero attached hydrogens (tertiary/aromatic N) is 3. The second-order valence-corrected chi connectivity index (χ2v) is 7.01. The maximum Gasteiger partial charge on any atom is 0.319 e. The van der Waals surface area contributed by atoms with Gasteiger partial charge in [-0.1, -0.05) is 30.3 Å². The summed E-state index contributed by atoms with van der Waals surface area (Å²) >= 11 is 0. The molecule has 0 fully saturated rings. The van der Waals surface area contributed by atoms with Gasteiger partial charge in [0.2, 0.25) is 0 Å². The van der Waals surface area contributed by atoms with Crippen LogP contribution in [-0.2, 0) is 0 Å². The molecule has 0 unspecified atom stereocenters. The third-order valence-corrected chi connectivity index (χ3v) is 4.18. The van der Waals surface area contributed by atoms with Gasteiger partial charge < -0.3 is 25.5 Å². The Morgan fingerprint density at radius 3 is 2.37 bits per heavy atom. The van der Waals surface area contributed by atoms with E-state index in [1.807, 2.05) is 74.4 Å². The van der Waals surface area contributed by atoms with Crippen molar-refractivity contribution in [3.05, 3.63) is 54.2 Å². The summed E-state index contributed by atoms with van der Waals surface area (Å²) in [4.78, 5) is 20.4. The number of hydrogen-bond donors (Lipinski definition) is 3. The topological polar surface area (TPSA) is 80.7 Å². The fourth-order valence-electron chi connectivity index (χ4n) is 2.79. The van der Waals surface area contributed by atoms with Gasteiger partial charge in [-0.3, -0.25) is 0 Å². The average molecular weight is 371 g/mol. The fourth-order valence-corrected chi connectivity index (χ4v) is 2.79. The van der Waals surface area contributed by atoms with Crippen LogP contribution in [0, 0.1) is 5.92 Å². The number of pyridine rings is 1. The number of aliphatic hydroxyl groups excluding tert-OH is 1. The van der Waals surface area contributed by atoms with Gasteiger partial charge >= 0.3 is 6.03 Å². The van der Waals surface area contributed by atoms with Crippen LogP contribution in [0.2, 0.25) is 0 Å². The molecule has 0 saturated heterocycles. The zero-order valence-corrected chi connectivity index (χ0v) is 16.4. The SMILES string of the molecule is CN(C)C[C@@H](CNC(=O)Nc1ccc(N(C)C)nc1)[C@H](O)c1ccccc1. The Hall–Kier alpha value is -2.64. The summed E-state index contributed by atoms with van der Waals surface area (Å²) in [5.41, 5.74) is 1.46. The first-order valence-corrected chi connectivity index (χ1v) is 8.92. The standard InChI is InChI=1S/C20H29N5O2/c1-24(2)14-16(19(26)15-8-6-5-7-9-15)12-22-20(27)23-17-10-11-18(21-13-17)25(3)4/h5-11,13,16,19,26H,12,14H2,1-4H3,(H2,22,23,27)/t16-,19-/m1/s1. The van der Waals surface area contributed by atoms with Gasteiger partial charge in [0.1, 0.15) is 5.82 Å². The minimum Gasteiger partial charge on any atom is -0.388 e. The zero-order chi connectivity index (χ0) is 19.8. The maximum absolute atomic E-state index is 12.2. The molecular weight excluding hydrogens is 342 g/mol. The Morgan fingerprint density at radius 1 is 1.11 bits per heavy atom. The minimum absolute atomic E-state index is 0.137. The predicted octanol–water partition coefficient (Wildman–Crippen LogP) is 2.18. The van der Waals surface area contributed by atoms with Crippen LogP contribution < -0.4 is 15.5 Å². The van der Waals surface area contributed by atoms with Crippen LogP contribution in [-0.4, -0.2) is 62.3 Å². The maximum atomic E-state index is 12.2. The molecule has 2 atom stereocenters. The number of benzene rings is 1. The molecule has 1 aromatic heterocycles. The highest BCUT2D eigenvalue weighted by molar-refractivity contribution is 5.89. The molecule has 0 saturated carbocycles. The van der Waals surface area contributed by atoms with Gasteiger partial charge in [-0.2, -0.15) is 0 Å². The Bertz CT molecular complexity index is 704. The highest BCUT2D eigenvalue weighted by Crippen LogP contribution is 2.22. The number of carbonyl (C=O) groups is 1. The molecule has 7 nitrogen and oxygen atoms in total. The third-order valence-electron chi connectivity index (χ3n) is 4.18. The van der Waals surface area contributed by atoms with Crippen molar-refractivity contribution in [2.24, 2.45) is 5.92 Å². The number of nitrogens with one attached hydrogen (secondary N) is 2. The molecule has 7 heteroatoms. The van der Waals surface area contributed by atoms with Gasteiger partial charge in [0.05, 0.1) is 18.0 Å². The van der Waals surface area contributed by atoms with Crippen molar-refractivity contribution in [1.82, 2.24) is 15.2 Å². The number of rotatable bonds is 8. The minimum atomic E-state index is -0.657. The van der Waals surface area contributed by atoms with E-state index in [9.17, 15) is 9.90 Å². The summed E-state index contributed by atoms with van der Waals surface area (Å²) in [5, 5.41) is 16.3. The van der Waals surface area contributed by atoms with Crippen LogP contribution in [0.1, 0.15) is 11.7 Å². The van der Waals surface area contributed by atoms with Crippen molar-refractivity contribution in [3.8, 4) is 0 Å². The molecule has 1 heterocycles. The van der Waals surface area contributed by atoms with Crippen LogP contribution in [0.15, 0.2) is 48.7 Å². The summed E-state index contributed by atoms with van der Waals surface area (Å²) in [7, 11) is 7.71. The lowest BCUT2D eigenvalue weighted by molar-refractivity contribution is 0.0911. The summed E-state index contributed by atoms with van der Waals surface area (Å²) < 4.78 is 0. The normalized spacial score (nSPS) is 13.1. The molecule has 0 aliphatic rings. The van der Waals surface area contributed by atoms with Gasteiger partial charge in [-0.15, -0.1) is 0 Å². The first-order chi connectivity index (χ1) is 12.9.